The average Bonchev–Trinajstić information content (AvgIpc) is 2.77. The van der Waals surface area contributed by atoms with E-state index in [4.69, 9.17) is 23.2 Å². The highest BCUT2D eigenvalue weighted by Gasteiger charge is 2.30. The maximum Gasteiger partial charge on any atom is 0.244 e. The highest BCUT2D eigenvalue weighted by atomic mass is 35.5. The van der Waals surface area contributed by atoms with Crippen LogP contribution < -0.4 is 9.62 Å². The van der Waals surface area contributed by atoms with Crippen LogP contribution in [0.3, 0.4) is 0 Å². The summed E-state index contributed by atoms with van der Waals surface area (Å²) in [7, 11) is -3.78. The minimum atomic E-state index is -3.78. The molecule has 2 amide bonds. The average molecular weight is 543 g/mol. The molecule has 2 aromatic carbocycles. The van der Waals surface area contributed by atoms with Crippen LogP contribution in [0.1, 0.15) is 43.4 Å². The van der Waals surface area contributed by atoms with Gasteiger partial charge in [-0.3, -0.25) is 13.9 Å². The fraction of sp³-hybridized carbons (Fsp3) is 0.440. The summed E-state index contributed by atoms with van der Waals surface area (Å²) in [5.74, 6) is -0.830. The van der Waals surface area contributed by atoms with E-state index in [1.165, 1.54) is 4.90 Å². The van der Waals surface area contributed by atoms with Gasteiger partial charge in [-0.25, -0.2) is 8.42 Å². The third-order valence-electron chi connectivity index (χ3n) is 5.63. The summed E-state index contributed by atoms with van der Waals surface area (Å²) in [6, 6.07) is 9.46. The molecule has 0 saturated carbocycles. The smallest absolute Gasteiger partial charge is 0.244 e. The number of nitrogens with zero attached hydrogens (tertiary/aromatic N) is 2. The lowest BCUT2D eigenvalue weighted by Crippen LogP contribution is -2.51. The first-order valence-electron chi connectivity index (χ1n) is 11.4. The van der Waals surface area contributed by atoms with Crippen molar-refractivity contribution in [1.82, 2.24) is 10.2 Å². The number of halogens is 2. The highest BCUT2D eigenvalue weighted by Crippen LogP contribution is 2.26. The molecule has 1 atom stereocenters. The van der Waals surface area contributed by atoms with Crippen molar-refractivity contribution in [3.8, 4) is 0 Å². The van der Waals surface area contributed by atoms with Gasteiger partial charge in [0.15, 0.2) is 0 Å². The van der Waals surface area contributed by atoms with E-state index in [1.807, 2.05) is 19.9 Å². The minimum Gasteiger partial charge on any atom is -0.354 e. The maximum atomic E-state index is 13.6. The third-order valence-corrected chi connectivity index (χ3v) is 7.50. The van der Waals surface area contributed by atoms with E-state index < -0.39 is 28.5 Å². The van der Waals surface area contributed by atoms with Crippen LogP contribution in [-0.2, 0) is 26.2 Å². The Morgan fingerprint density at radius 2 is 1.74 bits per heavy atom. The molecular formula is C25H33Cl2N3O4S. The number of carbonyl (C=O) groups excluding carboxylic acids is 2. The Morgan fingerprint density at radius 1 is 1.06 bits per heavy atom. The minimum absolute atomic E-state index is 0.0581. The quantitative estimate of drug-likeness (QED) is 0.417. The van der Waals surface area contributed by atoms with Crippen LogP contribution in [0.15, 0.2) is 36.4 Å². The van der Waals surface area contributed by atoms with Crippen molar-refractivity contribution < 1.29 is 18.0 Å². The van der Waals surface area contributed by atoms with Gasteiger partial charge in [-0.15, -0.1) is 0 Å². The van der Waals surface area contributed by atoms with Crippen LogP contribution in [0.2, 0.25) is 10.0 Å². The molecule has 2 aromatic rings. The fourth-order valence-corrected chi connectivity index (χ4v) is 4.86. The molecule has 0 spiro atoms. The second-order valence-corrected chi connectivity index (χ2v) is 11.4. The van der Waals surface area contributed by atoms with Crippen LogP contribution in [0.5, 0.6) is 0 Å². The molecule has 0 heterocycles. The van der Waals surface area contributed by atoms with Crippen molar-refractivity contribution in [2.75, 3.05) is 23.7 Å². The van der Waals surface area contributed by atoms with Crippen molar-refractivity contribution in [1.29, 1.82) is 0 Å². The number of carbonyl (C=O) groups is 2. The highest BCUT2D eigenvalue weighted by molar-refractivity contribution is 7.92. The van der Waals surface area contributed by atoms with E-state index >= 15 is 0 Å². The van der Waals surface area contributed by atoms with Crippen LogP contribution in [0.4, 0.5) is 5.69 Å². The molecule has 0 saturated heterocycles. The Labute approximate surface area is 218 Å². The second kappa shape index (κ2) is 12.6. The van der Waals surface area contributed by atoms with E-state index in [0.717, 1.165) is 34.5 Å². The molecule has 0 bridgehead atoms. The van der Waals surface area contributed by atoms with E-state index in [0.29, 0.717) is 27.8 Å². The normalized spacial score (nSPS) is 12.2. The van der Waals surface area contributed by atoms with Gasteiger partial charge in [0.05, 0.1) is 22.0 Å². The van der Waals surface area contributed by atoms with Gasteiger partial charge in [0.25, 0.3) is 0 Å². The number of rotatable bonds is 11. The van der Waals surface area contributed by atoms with Gasteiger partial charge in [-0.05, 0) is 56.5 Å². The van der Waals surface area contributed by atoms with Crippen LogP contribution in [0.25, 0.3) is 0 Å². The topological polar surface area (TPSA) is 86.8 Å². The van der Waals surface area contributed by atoms with E-state index in [2.05, 4.69) is 5.32 Å². The largest absolute Gasteiger partial charge is 0.354 e. The summed E-state index contributed by atoms with van der Waals surface area (Å²) >= 11 is 12.2. The standard InChI is InChI=1S/C25H33Cl2N3O4S/c1-6-7-12-28-25(32)19(4)29(15-20-9-10-21(26)22(27)14-20)24(31)16-30(35(5,33)34)23-11-8-17(2)13-18(23)3/h8-11,13-14,19H,6-7,12,15-16H2,1-5H3,(H,28,32)/t19-/m0/s1. The predicted octanol–water partition coefficient (Wildman–Crippen LogP) is 4.71. The number of nitrogens with one attached hydrogen (secondary N) is 1. The van der Waals surface area contributed by atoms with Crippen molar-refractivity contribution in [2.24, 2.45) is 0 Å². The molecule has 0 unspecified atom stereocenters. The molecule has 1 N–H and O–H groups in total. The summed E-state index contributed by atoms with van der Waals surface area (Å²) in [5, 5.41) is 3.54. The van der Waals surface area contributed by atoms with E-state index in [-0.39, 0.29) is 12.5 Å². The van der Waals surface area contributed by atoms with Gasteiger partial charge in [-0.2, -0.15) is 0 Å². The van der Waals surface area contributed by atoms with E-state index in [9.17, 15) is 18.0 Å². The van der Waals surface area contributed by atoms with Crippen LogP contribution >= 0.6 is 23.2 Å². The molecule has 0 radical (unpaired) electrons. The number of benzene rings is 2. The van der Waals surface area contributed by atoms with Crippen molar-refractivity contribution in [2.45, 2.75) is 53.1 Å². The van der Waals surface area contributed by atoms with Gasteiger partial charge in [0.2, 0.25) is 21.8 Å². The van der Waals surface area contributed by atoms with Crippen molar-refractivity contribution >= 4 is 50.7 Å². The SMILES string of the molecule is CCCCNC(=O)[C@H](C)N(Cc1ccc(Cl)c(Cl)c1)C(=O)CN(c1ccc(C)cc1C)S(C)(=O)=O. The molecule has 10 heteroatoms. The Hall–Kier alpha value is -2.29. The third kappa shape index (κ3) is 8.12. The number of anilines is 1. The first-order chi connectivity index (χ1) is 16.3. The predicted molar refractivity (Wildman–Crippen MR) is 142 cm³/mol. The summed E-state index contributed by atoms with van der Waals surface area (Å²) in [6.07, 6.45) is 2.79. The Morgan fingerprint density at radius 3 is 2.31 bits per heavy atom. The summed E-state index contributed by atoms with van der Waals surface area (Å²) < 4.78 is 26.5. The van der Waals surface area contributed by atoms with Crippen LogP contribution in [-0.4, -0.2) is 50.5 Å². The van der Waals surface area contributed by atoms with Gasteiger partial charge in [0.1, 0.15) is 12.6 Å². The number of hydrogen-bond donors (Lipinski definition) is 1. The van der Waals surface area contributed by atoms with Gasteiger partial charge in [0, 0.05) is 13.1 Å². The Bertz CT molecular complexity index is 1170. The number of aryl methyl sites for hydroxylation is 2. The molecule has 2 rings (SSSR count). The lowest BCUT2D eigenvalue weighted by Gasteiger charge is -2.32. The van der Waals surface area contributed by atoms with Crippen molar-refractivity contribution in [3.05, 3.63) is 63.1 Å². The monoisotopic (exact) mass is 541 g/mol. The number of amides is 2. The maximum absolute atomic E-state index is 13.6. The Balaban J connectivity index is 2.40. The van der Waals surface area contributed by atoms with E-state index in [1.54, 1.807) is 44.2 Å². The van der Waals surface area contributed by atoms with Crippen molar-refractivity contribution in [3.63, 3.8) is 0 Å². The Kier molecular flexibility index (Phi) is 10.4. The lowest BCUT2D eigenvalue weighted by atomic mass is 10.1. The molecule has 0 aromatic heterocycles. The summed E-state index contributed by atoms with van der Waals surface area (Å²) in [6.45, 7) is 7.44. The summed E-state index contributed by atoms with van der Waals surface area (Å²) in [4.78, 5) is 27.8. The zero-order valence-electron chi connectivity index (χ0n) is 20.8. The number of unbranched alkanes of at least 4 members (excludes halogenated alkanes) is 1. The van der Waals surface area contributed by atoms with Gasteiger partial charge in [-0.1, -0.05) is 60.3 Å². The molecule has 0 aliphatic heterocycles. The van der Waals surface area contributed by atoms with Gasteiger partial charge >= 0.3 is 0 Å². The molecular weight excluding hydrogens is 509 g/mol. The zero-order valence-corrected chi connectivity index (χ0v) is 23.1. The second-order valence-electron chi connectivity index (χ2n) is 8.65. The molecule has 35 heavy (non-hydrogen) atoms. The first-order valence-corrected chi connectivity index (χ1v) is 14.0. The molecule has 0 fully saturated rings. The lowest BCUT2D eigenvalue weighted by molar-refractivity contribution is -0.139. The number of hydrogen-bond acceptors (Lipinski definition) is 4. The zero-order chi connectivity index (χ0) is 26.3. The molecule has 0 aliphatic carbocycles. The van der Waals surface area contributed by atoms with Gasteiger partial charge < -0.3 is 10.2 Å². The first kappa shape index (κ1) is 28.9. The molecule has 7 nitrogen and oxygen atoms in total. The fourth-order valence-electron chi connectivity index (χ4n) is 3.63. The number of sulfonamides is 1. The van der Waals surface area contributed by atoms with Crippen LogP contribution in [0, 0.1) is 13.8 Å². The molecule has 192 valence electrons. The summed E-state index contributed by atoms with van der Waals surface area (Å²) in [5.41, 5.74) is 2.79. The molecule has 0 aliphatic rings.